The third-order valence-corrected chi connectivity index (χ3v) is 3.54. The summed E-state index contributed by atoms with van der Waals surface area (Å²) in [7, 11) is 0. The van der Waals surface area contributed by atoms with Crippen molar-refractivity contribution in [2.24, 2.45) is 0 Å². The lowest BCUT2D eigenvalue weighted by Gasteiger charge is -2.18. The average molecular weight is 252 g/mol. The summed E-state index contributed by atoms with van der Waals surface area (Å²) < 4.78 is 11.3. The van der Waals surface area contributed by atoms with Crippen LogP contribution in [0.3, 0.4) is 0 Å². The van der Waals surface area contributed by atoms with Crippen LogP contribution in [0.4, 0.5) is 6.01 Å². The number of rotatable bonds is 5. The van der Waals surface area contributed by atoms with Gasteiger partial charge in [-0.15, -0.1) is 5.10 Å². The monoisotopic (exact) mass is 252 g/mol. The van der Waals surface area contributed by atoms with E-state index in [1.54, 1.807) is 0 Å². The summed E-state index contributed by atoms with van der Waals surface area (Å²) in [5.74, 6) is 0.621. The maximum Gasteiger partial charge on any atom is 0.315 e. The minimum absolute atomic E-state index is 0.319. The highest BCUT2D eigenvalue weighted by Crippen LogP contribution is 2.35. The molecule has 2 N–H and O–H groups in total. The molecular formula is C12H20N4O2. The molecule has 6 nitrogen and oxygen atoms in total. The zero-order valence-corrected chi connectivity index (χ0v) is 10.8. The first kappa shape index (κ1) is 11.9. The minimum Gasteiger partial charge on any atom is -0.407 e. The van der Waals surface area contributed by atoms with Crippen LogP contribution in [-0.4, -0.2) is 34.5 Å². The fraction of sp³-hybridized carbons (Fsp3) is 0.833. The zero-order valence-electron chi connectivity index (χ0n) is 10.8. The number of nitrogens with zero attached hydrogens (tertiary/aromatic N) is 2. The largest absolute Gasteiger partial charge is 0.407 e. The molecule has 0 radical (unpaired) electrons. The van der Waals surface area contributed by atoms with Gasteiger partial charge in [0, 0.05) is 6.04 Å². The molecule has 0 saturated carbocycles. The summed E-state index contributed by atoms with van der Waals surface area (Å²) in [6.07, 6.45) is 4.12. The third kappa shape index (κ3) is 2.49. The van der Waals surface area contributed by atoms with Crippen molar-refractivity contribution in [2.75, 3.05) is 5.32 Å². The van der Waals surface area contributed by atoms with Crippen LogP contribution in [0.2, 0.25) is 0 Å². The topological polar surface area (TPSA) is 72.2 Å². The van der Waals surface area contributed by atoms with Crippen molar-refractivity contribution in [2.45, 2.75) is 63.9 Å². The van der Waals surface area contributed by atoms with Crippen molar-refractivity contribution in [1.82, 2.24) is 15.5 Å². The second kappa shape index (κ2) is 4.85. The number of anilines is 1. The number of hydrogen-bond acceptors (Lipinski definition) is 6. The number of nitrogens with one attached hydrogen (secondary N) is 2. The van der Waals surface area contributed by atoms with Gasteiger partial charge in [0.2, 0.25) is 5.89 Å². The fourth-order valence-corrected chi connectivity index (χ4v) is 2.62. The lowest BCUT2D eigenvalue weighted by molar-refractivity contribution is 0.102. The van der Waals surface area contributed by atoms with Gasteiger partial charge < -0.3 is 19.8 Å². The molecule has 0 spiro atoms. The van der Waals surface area contributed by atoms with Crippen LogP contribution in [0.25, 0.3) is 0 Å². The van der Waals surface area contributed by atoms with Gasteiger partial charge >= 0.3 is 6.01 Å². The summed E-state index contributed by atoms with van der Waals surface area (Å²) in [5, 5.41) is 14.6. The molecule has 0 aromatic carbocycles. The quantitative estimate of drug-likeness (QED) is 0.823. The van der Waals surface area contributed by atoms with Gasteiger partial charge in [0.05, 0.1) is 24.8 Å². The highest BCUT2D eigenvalue weighted by Gasteiger charge is 2.41. The number of ether oxygens (including phenoxy) is 1. The van der Waals surface area contributed by atoms with E-state index in [1.807, 2.05) is 0 Å². The highest BCUT2D eigenvalue weighted by molar-refractivity contribution is 5.22. The van der Waals surface area contributed by atoms with Crippen molar-refractivity contribution in [3.63, 3.8) is 0 Å². The number of hydrogen-bond donors (Lipinski definition) is 2. The molecule has 18 heavy (non-hydrogen) atoms. The third-order valence-electron chi connectivity index (χ3n) is 3.54. The zero-order chi connectivity index (χ0) is 12.5. The molecule has 3 unspecified atom stereocenters. The fourth-order valence-electron chi connectivity index (χ4n) is 2.62. The normalized spacial score (nSPS) is 30.3. The van der Waals surface area contributed by atoms with Crippen LogP contribution in [0.1, 0.15) is 39.0 Å². The second-order valence-corrected chi connectivity index (χ2v) is 5.40. The minimum atomic E-state index is 0.319. The van der Waals surface area contributed by atoms with Crippen LogP contribution in [0, 0.1) is 0 Å². The molecule has 100 valence electrons. The molecule has 0 amide bonds. The smallest absolute Gasteiger partial charge is 0.315 e. The van der Waals surface area contributed by atoms with E-state index in [0.29, 0.717) is 42.7 Å². The Balaban J connectivity index is 1.54. The summed E-state index contributed by atoms with van der Waals surface area (Å²) in [6, 6.07) is 1.25. The van der Waals surface area contributed by atoms with Crippen molar-refractivity contribution in [1.29, 1.82) is 0 Å². The summed E-state index contributed by atoms with van der Waals surface area (Å²) >= 11 is 0. The Hall–Kier alpha value is -1.14. The predicted octanol–water partition coefficient (Wildman–Crippen LogP) is 1.30. The van der Waals surface area contributed by atoms with Crippen molar-refractivity contribution >= 4 is 6.01 Å². The first-order valence-electron chi connectivity index (χ1n) is 6.68. The summed E-state index contributed by atoms with van der Waals surface area (Å²) in [5.41, 5.74) is 0. The van der Waals surface area contributed by atoms with Crippen molar-refractivity contribution < 1.29 is 9.15 Å². The summed E-state index contributed by atoms with van der Waals surface area (Å²) in [6.45, 7) is 4.78. The van der Waals surface area contributed by atoms with Crippen LogP contribution in [0.15, 0.2) is 4.42 Å². The van der Waals surface area contributed by atoms with Gasteiger partial charge in [-0.25, -0.2) is 0 Å². The molecule has 2 saturated heterocycles. The Labute approximate surface area is 106 Å². The van der Waals surface area contributed by atoms with Gasteiger partial charge in [0.25, 0.3) is 0 Å². The Morgan fingerprint density at radius 1 is 1.33 bits per heavy atom. The second-order valence-electron chi connectivity index (χ2n) is 5.40. The molecule has 3 rings (SSSR count). The lowest BCUT2D eigenvalue weighted by Crippen LogP contribution is -2.30. The van der Waals surface area contributed by atoms with E-state index in [1.165, 1.54) is 6.42 Å². The molecule has 0 aliphatic carbocycles. The van der Waals surface area contributed by atoms with Gasteiger partial charge in [-0.05, 0) is 19.3 Å². The highest BCUT2D eigenvalue weighted by atomic mass is 16.5. The van der Waals surface area contributed by atoms with Crippen LogP contribution in [0.5, 0.6) is 0 Å². The van der Waals surface area contributed by atoms with Crippen LogP contribution >= 0.6 is 0 Å². The van der Waals surface area contributed by atoms with Crippen LogP contribution < -0.4 is 10.6 Å². The maximum absolute atomic E-state index is 5.78. The van der Waals surface area contributed by atoms with Gasteiger partial charge in [0.1, 0.15) is 0 Å². The number of aromatic nitrogens is 2. The van der Waals surface area contributed by atoms with Gasteiger partial charge in [0.15, 0.2) is 0 Å². The first-order valence-corrected chi connectivity index (χ1v) is 6.68. The molecule has 2 aliphatic heterocycles. The average Bonchev–Trinajstić information content (AvgIpc) is 3.02. The van der Waals surface area contributed by atoms with Gasteiger partial charge in [-0.2, -0.15) is 0 Å². The van der Waals surface area contributed by atoms with Crippen LogP contribution in [-0.2, 0) is 11.3 Å². The van der Waals surface area contributed by atoms with E-state index in [2.05, 4.69) is 34.7 Å². The molecular weight excluding hydrogens is 232 g/mol. The van der Waals surface area contributed by atoms with E-state index in [0.717, 1.165) is 12.8 Å². The Kier molecular flexibility index (Phi) is 3.22. The standard InChI is InChI=1S/C12H20N4O2/c1-7(2)13-6-11-15-16-12(18-11)14-9-5-8-3-4-10(9)17-8/h7-10,13H,3-6H2,1-2H3,(H,14,16). The van der Waals surface area contributed by atoms with Gasteiger partial charge in [-0.3, -0.25) is 0 Å². The Bertz CT molecular complexity index is 407. The van der Waals surface area contributed by atoms with Crippen molar-refractivity contribution in [3.8, 4) is 0 Å². The molecule has 1 aromatic heterocycles. The van der Waals surface area contributed by atoms with E-state index in [9.17, 15) is 0 Å². The van der Waals surface area contributed by atoms with E-state index in [-0.39, 0.29) is 0 Å². The lowest BCUT2D eigenvalue weighted by atomic mass is 9.96. The number of fused-ring (bicyclic) bond motifs is 2. The van der Waals surface area contributed by atoms with E-state index < -0.39 is 0 Å². The molecule has 2 aliphatic rings. The van der Waals surface area contributed by atoms with E-state index in [4.69, 9.17) is 9.15 Å². The molecule has 2 fully saturated rings. The molecule has 3 atom stereocenters. The van der Waals surface area contributed by atoms with Gasteiger partial charge in [-0.1, -0.05) is 18.9 Å². The Morgan fingerprint density at radius 2 is 2.22 bits per heavy atom. The van der Waals surface area contributed by atoms with Crippen molar-refractivity contribution in [3.05, 3.63) is 5.89 Å². The Morgan fingerprint density at radius 3 is 2.89 bits per heavy atom. The molecule has 6 heteroatoms. The SMILES string of the molecule is CC(C)NCc1nnc(NC2CC3CCC2O3)o1. The molecule has 1 aromatic rings. The van der Waals surface area contributed by atoms with E-state index >= 15 is 0 Å². The maximum atomic E-state index is 5.78. The first-order chi connectivity index (χ1) is 8.70. The molecule has 3 heterocycles. The predicted molar refractivity (Wildman–Crippen MR) is 66.2 cm³/mol. The molecule has 2 bridgehead atoms. The summed E-state index contributed by atoms with van der Waals surface area (Å²) in [4.78, 5) is 0.